The van der Waals surface area contributed by atoms with Crippen molar-refractivity contribution in [3.63, 3.8) is 0 Å². The molecule has 4 rings (SSSR count). The summed E-state index contributed by atoms with van der Waals surface area (Å²) in [6.45, 7) is 0.210. The fourth-order valence-corrected chi connectivity index (χ4v) is 2.91. The summed E-state index contributed by atoms with van der Waals surface area (Å²) < 4.78 is 8.30. The molecule has 10 heteroatoms. The zero-order valence-electron chi connectivity index (χ0n) is 11.4. The van der Waals surface area contributed by atoms with Gasteiger partial charge in [0.1, 0.15) is 18.3 Å². The molecule has 10 nitrogen and oxygen atoms in total. The van der Waals surface area contributed by atoms with Crippen LogP contribution in [-0.2, 0) is 11.3 Å². The molecule has 4 atom stereocenters. The maximum absolute atomic E-state index is 12.3. The van der Waals surface area contributed by atoms with E-state index in [2.05, 4.69) is 15.3 Å². The van der Waals surface area contributed by atoms with Crippen LogP contribution in [0.2, 0.25) is 0 Å². The molecular formula is C11H14N6O4. The summed E-state index contributed by atoms with van der Waals surface area (Å²) in [6, 6.07) is 0. The normalized spacial score (nSPS) is 30.7. The third-order valence-electron chi connectivity index (χ3n) is 3.92. The monoisotopic (exact) mass is 294 g/mol. The Morgan fingerprint density at radius 1 is 1.33 bits per heavy atom. The highest BCUT2D eigenvalue weighted by Gasteiger charge is 2.47. The van der Waals surface area contributed by atoms with E-state index in [0.29, 0.717) is 17.0 Å². The molecule has 1 saturated heterocycles. The fourth-order valence-electron chi connectivity index (χ4n) is 2.91. The predicted molar refractivity (Wildman–Crippen MR) is 69.8 cm³/mol. The Balaban J connectivity index is 2.07. The van der Waals surface area contributed by atoms with E-state index in [1.807, 2.05) is 0 Å². The van der Waals surface area contributed by atoms with Gasteiger partial charge in [0.15, 0.2) is 23.2 Å². The van der Waals surface area contributed by atoms with Crippen LogP contribution in [0.4, 0.5) is 5.82 Å². The summed E-state index contributed by atoms with van der Waals surface area (Å²) in [5, 5.41) is 28.1. The first kappa shape index (κ1) is 12.7. The van der Waals surface area contributed by atoms with E-state index in [9.17, 15) is 15.0 Å². The Hall–Kier alpha value is -2.04. The minimum atomic E-state index is -1.19. The molecule has 2 aromatic heterocycles. The van der Waals surface area contributed by atoms with Crippen molar-refractivity contribution in [1.29, 1.82) is 0 Å². The van der Waals surface area contributed by atoms with Crippen molar-refractivity contribution in [3.05, 3.63) is 10.5 Å². The van der Waals surface area contributed by atoms with Gasteiger partial charge in [0.2, 0.25) is 0 Å². The van der Waals surface area contributed by atoms with Crippen molar-refractivity contribution >= 4 is 17.0 Å². The van der Waals surface area contributed by atoms with Crippen molar-refractivity contribution in [2.75, 3.05) is 19.0 Å². The second-order valence-electron chi connectivity index (χ2n) is 5.47. The van der Waals surface area contributed by atoms with Crippen LogP contribution in [-0.4, -0.2) is 67.2 Å². The number of hydrogen-bond donors (Lipinski definition) is 2. The Labute approximate surface area is 118 Å². The quantitative estimate of drug-likeness (QED) is 0.602. The minimum absolute atomic E-state index is 0.210. The van der Waals surface area contributed by atoms with Gasteiger partial charge in [-0.25, -0.2) is 14.0 Å². The summed E-state index contributed by atoms with van der Waals surface area (Å²) in [5.74, 6) is 0.408. The van der Waals surface area contributed by atoms with Crippen LogP contribution in [0.1, 0.15) is 6.23 Å². The largest absolute Gasteiger partial charge is 0.387 e. The lowest BCUT2D eigenvalue weighted by Crippen LogP contribution is -2.39. The smallest absolute Gasteiger partial charge is 0.353 e. The summed E-state index contributed by atoms with van der Waals surface area (Å²) in [4.78, 5) is 18.0. The van der Waals surface area contributed by atoms with Gasteiger partial charge in [-0.05, 0) is 0 Å². The zero-order valence-corrected chi connectivity index (χ0v) is 11.4. The number of rotatable bonds is 1. The molecule has 2 N–H and O–H groups in total. The molecule has 0 aromatic carbocycles. The number of aliphatic hydroxyl groups is 2. The number of aromatic nitrogens is 5. The van der Waals surface area contributed by atoms with Gasteiger partial charge in [-0.1, -0.05) is 5.21 Å². The Morgan fingerprint density at radius 3 is 2.81 bits per heavy atom. The molecule has 112 valence electrons. The molecule has 2 aliphatic heterocycles. The topological polar surface area (TPSA) is 119 Å². The molecule has 1 fully saturated rings. The fraction of sp³-hybridized carbons (Fsp3) is 0.636. The van der Waals surface area contributed by atoms with E-state index >= 15 is 0 Å². The molecule has 0 radical (unpaired) electrons. The number of fused-ring (bicyclic) bond motifs is 3. The predicted octanol–water partition coefficient (Wildman–Crippen LogP) is -2.31. The van der Waals surface area contributed by atoms with Crippen molar-refractivity contribution < 1.29 is 14.9 Å². The number of anilines is 1. The molecule has 2 aliphatic rings. The zero-order chi connectivity index (χ0) is 14.9. The van der Waals surface area contributed by atoms with Gasteiger partial charge in [0.05, 0.1) is 6.54 Å². The van der Waals surface area contributed by atoms with Crippen LogP contribution in [0, 0.1) is 0 Å². The van der Waals surface area contributed by atoms with E-state index in [1.54, 1.807) is 19.0 Å². The van der Waals surface area contributed by atoms with Crippen molar-refractivity contribution in [1.82, 2.24) is 24.5 Å². The van der Waals surface area contributed by atoms with Crippen molar-refractivity contribution in [3.8, 4) is 0 Å². The highest BCUT2D eigenvalue weighted by Crippen LogP contribution is 2.35. The molecule has 0 spiro atoms. The van der Waals surface area contributed by atoms with Gasteiger partial charge in [0, 0.05) is 14.1 Å². The van der Waals surface area contributed by atoms with E-state index in [4.69, 9.17) is 4.74 Å². The molecule has 2 aromatic rings. The van der Waals surface area contributed by atoms with Crippen LogP contribution in [0.25, 0.3) is 11.2 Å². The van der Waals surface area contributed by atoms with Crippen LogP contribution in [0.3, 0.4) is 0 Å². The van der Waals surface area contributed by atoms with E-state index < -0.39 is 30.2 Å². The Bertz CT molecular complexity index is 783. The number of hydrogen-bond acceptors (Lipinski definition) is 8. The molecule has 0 amide bonds. The van der Waals surface area contributed by atoms with Crippen LogP contribution >= 0.6 is 0 Å². The van der Waals surface area contributed by atoms with Gasteiger partial charge in [-0.15, -0.1) is 5.10 Å². The molecular weight excluding hydrogens is 280 g/mol. The Kier molecular flexibility index (Phi) is 2.41. The first-order chi connectivity index (χ1) is 9.99. The van der Waals surface area contributed by atoms with Crippen LogP contribution in [0.5, 0.6) is 0 Å². The average Bonchev–Trinajstić information content (AvgIpc) is 2.89. The van der Waals surface area contributed by atoms with Crippen molar-refractivity contribution in [2.24, 2.45) is 0 Å². The lowest BCUT2D eigenvalue weighted by atomic mass is 10.1. The number of aliphatic hydroxyl groups excluding tert-OH is 2. The number of nitrogens with zero attached hydrogens (tertiary/aromatic N) is 6. The first-order valence-electron chi connectivity index (χ1n) is 6.53. The SMILES string of the molecule is CN(C)c1nc(=O)n2c3c1nnn3C[C@H]1O[C@@H]2[C@H](O)[C@@H]1O. The van der Waals surface area contributed by atoms with Crippen LogP contribution in [0.15, 0.2) is 4.79 Å². The second kappa shape index (κ2) is 4.00. The van der Waals surface area contributed by atoms with Gasteiger partial charge >= 0.3 is 5.69 Å². The summed E-state index contributed by atoms with van der Waals surface area (Å²) in [5.41, 5.74) is 0.322. The van der Waals surface area contributed by atoms with Gasteiger partial charge in [0.25, 0.3) is 0 Å². The lowest BCUT2D eigenvalue weighted by molar-refractivity contribution is -0.0357. The van der Waals surface area contributed by atoms with Crippen molar-refractivity contribution in [2.45, 2.75) is 31.1 Å². The molecule has 21 heavy (non-hydrogen) atoms. The first-order valence-corrected chi connectivity index (χ1v) is 6.53. The molecule has 2 bridgehead atoms. The molecule has 0 aliphatic carbocycles. The maximum atomic E-state index is 12.3. The lowest BCUT2D eigenvalue weighted by Gasteiger charge is -2.20. The summed E-state index contributed by atoms with van der Waals surface area (Å²) >= 11 is 0. The minimum Gasteiger partial charge on any atom is -0.387 e. The number of ether oxygens (including phenoxy) is 1. The van der Waals surface area contributed by atoms with Crippen LogP contribution < -0.4 is 10.6 Å². The van der Waals surface area contributed by atoms with Gasteiger partial charge < -0.3 is 19.8 Å². The van der Waals surface area contributed by atoms with Gasteiger partial charge in [-0.3, -0.25) is 0 Å². The third kappa shape index (κ3) is 1.51. The van der Waals surface area contributed by atoms with E-state index in [1.165, 1.54) is 9.25 Å². The Morgan fingerprint density at radius 2 is 2.10 bits per heavy atom. The highest BCUT2D eigenvalue weighted by molar-refractivity contribution is 5.83. The maximum Gasteiger partial charge on any atom is 0.353 e. The summed E-state index contributed by atoms with van der Waals surface area (Å²) in [7, 11) is 3.51. The molecule has 4 heterocycles. The standard InChI is InChI=1S/C11H14N6O4/c1-15(2)8-5-9-16(14-13-5)3-4-6(18)7(19)10(21-4)17(9)11(20)12-8/h4,6-7,10,18-19H,3H2,1-2H3/t4-,6-,7-,10-/m1/s1. The van der Waals surface area contributed by atoms with E-state index in [0.717, 1.165) is 0 Å². The second-order valence-corrected chi connectivity index (χ2v) is 5.47. The van der Waals surface area contributed by atoms with Gasteiger partial charge in [-0.2, -0.15) is 4.98 Å². The summed E-state index contributed by atoms with van der Waals surface area (Å²) in [6.07, 6.45) is -3.89. The molecule has 0 saturated carbocycles. The van der Waals surface area contributed by atoms with E-state index in [-0.39, 0.29) is 6.54 Å². The molecule has 0 unspecified atom stereocenters. The third-order valence-corrected chi connectivity index (χ3v) is 3.92. The average molecular weight is 294 g/mol. The highest BCUT2D eigenvalue weighted by atomic mass is 16.6.